The van der Waals surface area contributed by atoms with E-state index in [0.29, 0.717) is 12.0 Å². The minimum absolute atomic E-state index is 0.231. The van der Waals surface area contributed by atoms with Crippen molar-refractivity contribution in [2.24, 2.45) is 5.92 Å². The van der Waals surface area contributed by atoms with E-state index in [4.69, 9.17) is 0 Å². The van der Waals surface area contributed by atoms with Gasteiger partial charge in [-0.3, -0.25) is 0 Å². The maximum absolute atomic E-state index is 9.20. The topological polar surface area (TPSA) is 35.5 Å². The van der Waals surface area contributed by atoms with Crippen LogP contribution in [0.25, 0.3) is 0 Å². The molecule has 2 atom stereocenters. The van der Waals surface area contributed by atoms with Gasteiger partial charge in [-0.05, 0) is 26.4 Å². The Labute approximate surface area is 88.5 Å². The van der Waals surface area contributed by atoms with Crippen LogP contribution in [0, 0.1) is 5.92 Å². The number of nitrogens with one attached hydrogen (secondary N) is 1. The van der Waals surface area contributed by atoms with E-state index in [-0.39, 0.29) is 6.10 Å². The summed E-state index contributed by atoms with van der Waals surface area (Å²) in [6.45, 7) is 11.2. The average molecular weight is 202 g/mol. The number of aliphatic hydroxyl groups is 1. The fraction of sp³-hybridized carbons (Fsp3) is 1.00. The maximum atomic E-state index is 9.20. The first-order valence-corrected chi connectivity index (χ1v) is 5.51. The number of rotatable bonds is 7. The highest BCUT2D eigenvalue weighted by molar-refractivity contribution is 4.65. The van der Waals surface area contributed by atoms with E-state index in [9.17, 15) is 5.11 Å². The number of nitrogens with zero attached hydrogens (tertiary/aromatic N) is 1. The fourth-order valence-corrected chi connectivity index (χ4v) is 1.56. The van der Waals surface area contributed by atoms with E-state index >= 15 is 0 Å². The second kappa shape index (κ2) is 7.21. The molecule has 0 fully saturated rings. The van der Waals surface area contributed by atoms with Crippen molar-refractivity contribution in [1.29, 1.82) is 0 Å². The monoisotopic (exact) mass is 202 g/mol. The van der Waals surface area contributed by atoms with Gasteiger partial charge in [0.05, 0.1) is 6.10 Å². The molecule has 14 heavy (non-hydrogen) atoms. The summed E-state index contributed by atoms with van der Waals surface area (Å²) < 4.78 is 0. The molecule has 2 N–H and O–H groups in total. The van der Waals surface area contributed by atoms with Gasteiger partial charge in [-0.2, -0.15) is 0 Å². The SMILES string of the molecule is CC(O)CN(C)CC(C)CNC(C)C. The summed E-state index contributed by atoms with van der Waals surface area (Å²) in [4.78, 5) is 2.18. The molecule has 0 aliphatic rings. The molecule has 0 aromatic rings. The van der Waals surface area contributed by atoms with Crippen molar-refractivity contribution in [2.45, 2.75) is 39.8 Å². The Morgan fingerprint density at radius 3 is 2.14 bits per heavy atom. The van der Waals surface area contributed by atoms with Crippen LogP contribution in [0.1, 0.15) is 27.7 Å². The summed E-state index contributed by atoms with van der Waals surface area (Å²) in [6, 6.07) is 0.555. The molecule has 0 rings (SSSR count). The van der Waals surface area contributed by atoms with Gasteiger partial charge >= 0.3 is 0 Å². The maximum Gasteiger partial charge on any atom is 0.0638 e. The average Bonchev–Trinajstić information content (AvgIpc) is 1.98. The molecule has 3 heteroatoms. The van der Waals surface area contributed by atoms with Crippen LogP contribution in [-0.4, -0.2) is 48.8 Å². The van der Waals surface area contributed by atoms with Crippen LogP contribution in [-0.2, 0) is 0 Å². The Morgan fingerprint density at radius 2 is 1.71 bits per heavy atom. The molecule has 86 valence electrons. The van der Waals surface area contributed by atoms with Crippen LogP contribution in [0.15, 0.2) is 0 Å². The Bertz CT molecular complexity index is 137. The van der Waals surface area contributed by atoms with Crippen molar-refractivity contribution in [3.05, 3.63) is 0 Å². The first-order chi connectivity index (χ1) is 6.41. The second-order valence-corrected chi connectivity index (χ2v) is 4.74. The summed E-state index contributed by atoms with van der Waals surface area (Å²) in [5.74, 6) is 0.626. The molecule has 0 saturated heterocycles. The number of likely N-dealkylation sites (N-methyl/N-ethyl adjacent to an activating group) is 1. The fourth-order valence-electron chi connectivity index (χ4n) is 1.56. The Hall–Kier alpha value is -0.120. The molecule has 0 heterocycles. The zero-order valence-corrected chi connectivity index (χ0v) is 10.2. The number of hydrogen-bond acceptors (Lipinski definition) is 3. The third kappa shape index (κ3) is 8.48. The molecule has 3 nitrogen and oxygen atoms in total. The third-order valence-corrected chi connectivity index (χ3v) is 2.07. The molecule has 0 spiro atoms. The first kappa shape index (κ1) is 13.9. The van der Waals surface area contributed by atoms with Gasteiger partial charge in [0.15, 0.2) is 0 Å². The van der Waals surface area contributed by atoms with E-state index in [1.54, 1.807) is 0 Å². The molecule has 2 unspecified atom stereocenters. The molecule has 0 aromatic carbocycles. The van der Waals surface area contributed by atoms with Gasteiger partial charge in [0.1, 0.15) is 0 Å². The van der Waals surface area contributed by atoms with Crippen LogP contribution in [0.2, 0.25) is 0 Å². The van der Waals surface area contributed by atoms with Gasteiger partial charge in [0, 0.05) is 19.1 Å². The first-order valence-electron chi connectivity index (χ1n) is 5.51. The summed E-state index contributed by atoms with van der Waals surface area (Å²) in [5, 5.41) is 12.6. The van der Waals surface area contributed by atoms with E-state index in [0.717, 1.165) is 19.6 Å². The molecule has 0 aromatic heterocycles. The highest BCUT2D eigenvalue weighted by Crippen LogP contribution is 1.98. The standard InChI is InChI=1S/C11H26N2O/c1-9(2)12-6-10(3)7-13(5)8-11(4)14/h9-12,14H,6-8H2,1-5H3. The molecule has 0 aliphatic heterocycles. The minimum atomic E-state index is -0.231. The van der Waals surface area contributed by atoms with Gasteiger partial charge in [-0.15, -0.1) is 0 Å². The highest BCUT2D eigenvalue weighted by atomic mass is 16.3. The van der Waals surface area contributed by atoms with E-state index in [1.807, 2.05) is 6.92 Å². The van der Waals surface area contributed by atoms with Crippen molar-refractivity contribution >= 4 is 0 Å². The Kier molecular flexibility index (Phi) is 7.15. The van der Waals surface area contributed by atoms with Crippen molar-refractivity contribution in [2.75, 3.05) is 26.7 Å². The lowest BCUT2D eigenvalue weighted by molar-refractivity contribution is 0.133. The lowest BCUT2D eigenvalue weighted by Gasteiger charge is -2.23. The predicted molar refractivity (Wildman–Crippen MR) is 61.5 cm³/mol. The van der Waals surface area contributed by atoms with Crippen molar-refractivity contribution in [3.8, 4) is 0 Å². The lowest BCUT2D eigenvalue weighted by atomic mass is 10.1. The van der Waals surface area contributed by atoms with Gasteiger partial charge in [-0.25, -0.2) is 0 Å². The van der Waals surface area contributed by atoms with Crippen molar-refractivity contribution < 1.29 is 5.11 Å². The van der Waals surface area contributed by atoms with Crippen molar-refractivity contribution in [3.63, 3.8) is 0 Å². The quantitative estimate of drug-likeness (QED) is 0.645. The Balaban J connectivity index is 3.55. The van der Waals surface area contributed by atoms with Gasteiger partial charge in [-0.1, -0.05) is 20.8 Å². The highest BCUT2D eigenvalue weighted by Gasteiger charge is 2.08. The molecular weight excluding hydrogens is 176 g/mol. The predicted octanol–water partition coefficient (Wildman–Crippen LogP) is 0.933. The number of aliphatic hydroxyl groups excluding tert-OH is 1. The second-order valence-electron chi connectivity index (χ2n) is 4.74. The smallest absolute Gasteiger partial charge is 0.0638 e. The largest absolute Gasteiger partial charge is 0.392 e. The van der Waals surface area contributed by atoms with E-state index in [2.05, 4.69) is 38.0 Å². The van der Waals surface area contributed by atoms with Crippen LogP contribution >= 0.6 is 0 Å². The normalized spacial score (nSPS) is 16.3. The van der Waals surface area contributed by atoms with Crippen LogP contribution in [0.5, 0.6) is 0 Å². The summed E-state index contributed by atoms with van der Waals surface area (Å²) in [7, 11) is 2.05. The third-order valence-electron chi connectivity index (χ3n) is 2.07. The number of hydrogen-bond donors (Lipinski definition) is 2. The van der Waals surface area contributed by atoms with Gasteiger partial charge in [0.25, 0.3) is 0 Å². The summed E-state index contributed by atoms with van der Waals surface area (Å²) >= 11 is 0. The van der Waals surface area contributed by atoms with Crippen LogP contribution < -0.4 is 5.32 Å². The van der Waals surface area contributed by atoms with Crippen LogP contribution in [0.3, 0.4) is 0 Å². The van der Waals surface area contributed by atoms with E-state index in [1.165, 1.54) is 0 Å². The molecule has 0 bridgehead atoms. The van der Waals surface area contributed by atoms with Crippen molar-refractivity contribution in [1.82, 2.24) is 10.2 Å². The lowest BCUT2D eigenvalue weighted by Crippen LogP contribution is -2.36. The summed E-state index contributed by atoms with van der Waals surface area (Å²) in [6.07, 6.45) is -0.231. The zero-order chi connectivity index (χ0) is 11.1. The molecular formula is C11H26N2O. The minimum Gasteiger partial charge on any atom is -0.392 e. The van der Waals surface area contributed by atoms with Crippen LogP contribution in [0.4, 0.5) is 0 Å². The molecule has 0 aliphatic carbocycles. The van der Waals surface area contributed by atoms with Gasteiger partial charge < -0.3 is 15.3 Å². The van der Waals surface area contributed by atoms with E-state index < -0.39 is 0 Å². The zero-order valence-electron chi connectivity index (χ0n) is 10.2. The van der Waals surface area contributed by atoms with Gasteiger partial charge in [0.2, 0.25) is 0 Å². The molecule has 0 radical (unpaired) electrons. The Morgan fingerprint density at radius 1 is 1.14 bits per heavy atom. The molecule has 0 amide bonds. The molecule has 0 saturated carbocycles. The summed E-state index contributed by atoms with van der Waals surface area (Å²) in [5.41, 5.74) is 0.